The molecule has 0 saturated carbocycles. The van der Waals surface area contributed by atoms with Crippen molar-refractivity contribution >= 4 is 10.9 Å². The summed E-state index contributed by atoms with van der Waals surface area (Å²) >= 11 is 0. The summed E-state index contributed by atoms with van der Waals surface area (Å²) in [7, 11) is 1.71. The zero-order chi connectivity index (χ0) is 17.6. The highest BCUT2D eigenvalue weighted by atomic mass is 16.5. The Bertz CT molecular complexity index is 986. The Morgan fingerprint density at radius 1 is 1.16 bits per heavy atom. The van der Waals surface area contributed by atoms with Gasteiger partial charge in [-0.05, 0) is 37.0 Å². The molecule has 0 radical (unpaired) electrons. The zero-order valence-corrected chi connectivity index (χ0v) is 14.8. The Labute approximate surface area is 146 Å². The second-order valence-electron chi connectivity index (χ2n) is 6.88. The molecule has 3 aromatic rings. The van der Waals surface area contributed by atoms with Gasteiger partial charge in [0.1, 0.15) is 6.23 Å². The summed E-state index contributed by atoms with van der Waals surface area (Å²) in [5.74, 6) is 0. The minimum Gasteiger partial charge on any atom is -0.362 e. The lowest BCUT2D eigenvalue weighted by Crippen LogP contribution is -2.35. The molecule has 5 nitrogen and oxygen atoms in total. The first-order chi connectivity index (χ1) is 12.1. The van der Waals surface area contributed by atoms with E-state index in [1.165, 1.54) is 16.7 Å². The highest BCUT2D eigenvalue weighted by Gasteiger charge is 2.27. The molecule has 1 atom stereocenters. The maximum absolute atomic E-state index is 12.4. The lowest BCUT2D eigenvalue weighted by Gasteiger charge is -2.34. The number of aryl methyl sites for hydroxylation is 2. The number of pyridine rings is 1. The molecule has 0 aliphatic carbocycles. The standard InChI is InChI=1S/C20H23N3O2/c1-12-4-5-14-6-7-23(11-15(14)8-12)20(25-3)16-10-21-18-13(2)9-22-19(24)17(16)18/h4-5,8-10,20-21H,6-7,11H2,1-3H3,(H,22,24). The number of nitrogens with one attached hydrogen (secondary N) is 2. The van der Waals surface area contributed by atoms with Crippen LogP contribution in [0.3, 0.4) is 0 Å². The van der Waals surface area contributed by atoms with Gasteiger partial charge in [0.15, 0.2) is 0 Å². The van der Waals surface area contributed by atoms with Crippen molar-refractivity contribution in [3.63, 3.8) is 0 Å². The molecule has 2 N–H and O–H groups in total. The van der Waals surface area contributed by atoms with Crippen LogP contribution in [0.25, 0.3) is 10.9 Å². The molecule has 0 fully saturated rings. The molecule has 0 spiro atoms. The maximum atomic E-state index is 12.4. The monoisotopic (exact) mass is 337 g/mol. The fourth-order valence-electron chi connectivity index (χ4n) is 3.89. The maximum Gasteiger partial charge on any atom is 0.257 e. The fraction of sp³-hybridized carbons (Fsp3) is 0.350. The Morgan fingerprint density at radius 3 is 2.80 bits per heavy atom. The van der Waals surface area contributed by atoms with E-state index in [4.69, 9.17) is 4.74 Å². The molecule has 1 aromatic carbocycles. The van der Waals surface area contributed by atoms with Crippen LogP contribution in [-0.4, -0.2) is 28.5 Å². The summed E-state index contributed by atoms with van der Waals surface area (Å²) in [5, 5.41) is 0.696. The molecule has 3 heterocycles. The normalized spacial score (nSPS) is 16.1. The van der Waals surface area contributed by atoms with Crippen molar-refractivity contribution in [2.75, 3.05) is 13.7 Å². The van der Waals surface area contributed by atoms with E-state index < -0.39 is 0 Å². The first kappa shape index (κ1) is 16.1. The quantitative estimate of drug-likeness (QED) is 0.772. The molecular formula is C20H23N3O2. The number of hydrogen-bond donors (Lipinski definition) is 2. The Hall–Kier alpha value is -2.37. The molecule has 0 saturated heterocycles. The van der Waals surface area contributed by atoms with E-state index in [1.54, 1.807) is 13.3 Å². The van der Waals surface area contributed by atoms with Crippen molar-refractivity contribution < 1.29 is 4.74 Å². The van der Waals surface area contributed by atoms with Crippen LogP contribution in [0.4, 0.5) is 0 Å². The third-order valence-electron chi connectivity index (χ3n) is 5.18. The summed E-state index contributed by atoms with van der Waals surface area (Å²) in [6.45, 7) is 5.84. The lowest BCUT2D eigenvalue weighted by molar-refractivity contribution is -0.0419. The number of methoxy groups -OCH3 is 1. The number of H-pyrrole nitrogens is 2. The van der Waals surface area contributed by atoms with Crippen molar-refractivity contribution in [1.82, 2.24) is 14.9 Å². The summed E-state index contributed by atoms with van der Waals surface area (Å²) in [5.41, 5.74) is 6.76. The van der Waals surface area contributed by atoms with Gasteiger partial charge in [0.25, 0.3) is 5.56 Å². The minimum absolute atomic E-state index is 0.0767. The first-order valence-electron chi connectivity index (χ1n) is 8.63. The van der Waals surface area contributed by atoms with Crippen LogP contribution in [0, 0.1) is 13.8 Å². The number of benzene rings is 1. The van der Waals surface area contributed by atoms with Crippen LogP contribution in [0.5, 0.6) is 0 Å². The van der Waals surface area contributed by atoms with E-state index in [9.17, 15) is 4.79 Å². The van der Waals surface area contributed by atoms with E-state index in [1.807, 2.05) is 13.1 Å². The number of nitrogens with zero attached hydrogens (tertiary/aromatic N) is 1. The molecule has 0 amide bonds. The number of hydrogen-bond acceptors (Lipinski definition) is 3. The van der Waals surface area contributed by atoms with Gasteiger partial charge in [-0.25, -0.2) is 0 Å². The van der Waals surface area contributed by atoms with E-state index in [2.05, 4.69) is 40.0 Å². The smallest absolute Gasteiger partial charge is 0.257 e. The van der Waals surface area contributed by atoms with Gasteiger partial charge in [-0.15, -0.1) is 0 Å². The Morgan fingerprint density at radius 2 is 2.00 bits per heavy atom. The average molecular weight is 337 g/mol. The number of rotatable bonds is 3. The number of aromatic amines is 2. The van der Waals surface area contributed by atoms with Crippen LogP contribution in [0.2, 0.25) is 0 Å². The fourth-order valence-corrected chi connectivity index (χ4v) is 3.89. The highest BCUT2D eigenvalue weighted by molar-refractivity contribution is 5.85. The van der Waals surface area contributed by atoms with Crippen molar-refractivity contribution in [3.8, 4) is 0 Å². The highest BCUT2D eigenvalue weighted by Crippen LogP contribution is 2.32. The predicted molar refractivity (Wildman–Crippen MR) is 98.7 cm³/mol. The van der Waals surface area contributed by atoms with E-state index in [-0.39, 0.29) is 11.8 Å². The number of aromatic nitrogens is 2. The first-order valence-corrected chi connectivity index (χ1v) is 8.63. The summed E-state index contributed by atoms with van der Waals surface area (Å²) in [6, 6.07) is 6.65. The SMILES string of the molecule is COC(c1c[nH]c2c(C)c[nH]c(=O)c12)N1CCc2ccc(C)cc2C1. The number of ether oxygens (including phenoxy) is 1. The molecule has 1 aliphatic rings. The van der Waals surface area contributed by atoms with E-state index in [0.29, 0.717) is 5.39 Å². The topological polar surface area (TPSA) is 61.1 Å². The zero-order valence-electron chi connectivity index (χ0n) is 14.8. The van der Waals surface area contributed by atoms with Crippen LogP contribution in [-0.2, 0) is 17.7 Å². The minimum atomic E-state index is -0.245. The van der Waals surface area contributed by atoms with Crippen molar-refractivity contribution in [2.24, 2.45) is 0 Å². The molecule has 0 bridgehead atoms. The lowest BCUT2D eigenvalue weighted by atomic mass is 9.97. The van der Waals surface area contributed by atoms with Gasteiger partial charge in [0.2, 0.25) is 0 Å². The molecule has 2 aromatic heterocycles. The second kappa shape index (κ2) is 6.17. The predicted octanol–water partition coefficient (Wildman–Crippen LogP) is 3.18. The van der Waals surface area contributed by atoms with Gasteiger partial charge in [-0.1, -0.05) is 23.8 Å². The third kappa shape index (κ3) is 2.69. The average Bonchev–Trinajstić information content (AvgIpc) is 3.05. The van der Waals surface area contributed by atoms with E-state index in [0.717, 1.165) is 36.2 Å². The van der Waals surface area contributed by atoms with Gasteiger partial charge < -0.3 is 14.7 Å². The van der Waals surface area contributed by atoms with Gasteiger partial charge >= 0.3 is 0 Å². The van der Waals surface area contributed by atoms with Crippen molar-refractivity contribution in [3.05, 3.63) is 68.8 Å². The van der Waals surface area contributed by atoms with Gasteiger partial charge in [0, 0.05) is 38.2 Å². The van der Waals surface area contributed by atoms with Gasteiger partial charge in [-0.2, -0.15) is 0 Å². The van der Waals surface area contributed by atoms with Crippen molar-refractivity contribution in [2.45, 2.75) is 33.0 Å². The summed E-state index contributed by atoms with van der Waals surface area (Å²) in [6.07, 6.45) is 4.40. The molecule has 25 heavy (non-hydrogen) atoms. The van der Waals surface area contributed by atoms with Gasteiger partial charge in [-0.3, -0.25) is 9.69 Å². The summed E-state index contributed by atoms with van der Waals surface area (Å²) in [4.78, 5) is 20.8. The van der Waals surface area contributed by atoms with Crippen LogP contribution >= 0.6 is 0 Å². The molecular weight excluding hydrogens is 314 g/mol. The van der Waals surface area contributed by atoms with Crippen molar-refractivity contribution in [1.29, 1.82) is 0 Å². The number of fused-ring (bicyclic) bond motifs is 2. The molecule has 1 unspecified atom stereocenters. The largest absolute Gasteiger partial charge is 0.362 e. The van der Waals surface area contributed by atoms with E-state index >= 15 is 0 Å². The van der Waals surface area contributed by atoms with Crippen LogP contribution in [0.1, 0.15) is 34.0 Å². The molecule has 130 valence electrons. The Kier molecular flexibility index (Phi) is 3.98. The molecule has 5 heteroatoms. The third-order valence-corrected chi connectivity index (χ3v) is 5.18. The summed E-state index contributed by atoms with van der Waals surface area (Å²) < 4.78 is 5.84. The Balaban J connectivity index is 1.75. The molecule has 4 rings (SSSR count). The second-order valence-corrected chi connectivity index (χ2v) is 6.88. The van der Waals surface area contributed by atoms with Crippen LogP contribution < -0.4 is 5.56 Å². The van der Waals surface area contributed by atoms with Crippen LogP contribution in [0.15, 0.2) is 35.4 Å². The van der Waals surface area contributed by atoms with Gasteiger partial charge in [0.05, 0.1) is 10.9 Å². The molecule has 1 aliphatic heterocycles.